The van der Waals surface area contributed by atoms with Gasteiger partial charge in [-0.1, -0.05) is 17.7 Å². The van der Waals surface area contributed by atoms with Gasteiger partial charge in [-0.15, -0.1) is 0 Å². The van der Waals surface area contributed by atoms with E-state index in [1.807, 2.05) is 32.0 Å². The van der Waals surface area contributed by atoms with Crippen LogP contribution in [0, 0.1) is 30.6 Å². The van der Waals surface area contributed by atoms with Crippen molar-refractivity contribution in [2.45, 2.75) is 27.7 Å². The number of nitriles is 1. The number of carbonyl (C=O) groups excluding carboxylic acids is 1. The van der Waals surface area contributed by atoms with Crippen molar-refractivity contribution in [3.05, 3.63) is 34.9 Å². The predicted molar refractivity (Wildman–Crippen MR) is 67.6 cm³/mol. The maximum atomic E-state index is 12.0. The van der Waals surface area contributed by atoms with E-state index in [0.29, 0.717) is 12.1 Å². The highest BCUT2D eigenvalue weighted by atomic mass is 16.1. The smallest absolute Gasteiger partial charge is 0.251 e. The summed E-state index contributed by atoms with van der Waals surface area (Å²) in [6.07, 6.45) is 0. The van der Waals surface area contributed by atoms with Crippen molar-refractivity contribution < 1.29 is 4.79 Å². The standard InChI is InChI=1S/C14H18N2O/c1-10-5-6-11(2)12(7-10)13(17)16-9-14(3,4)8-15/h5-7H,9H2,1-4H3,(H,16,17). The second-order valence-electron chi connectivity index (χ2n) is 5.00. The van der Waals surface area contributed by atoms with Crippen molar-refractivity contribution in [2.24, 2.45) is 5.41 Å². The largest absolute Gasteiger partial charge is 0.350 e. The van der Waals surface area contributed by atoms with Crippen molar-refractivity contribution in [3.63, 3.8) is 0 Å². The molecule has 1 aromatic rings. The third-order valence-electron chi connectivity index (χ3n) is 2.63. The summed E-state index contributed by atoms with van der Waals surface area (Å²) < 4.78 is 0. The summed E-state index contributed by atoms with van der Waals surface area (Å²) >= 11 is 0. The molecule has 90 valence electrons. The van der Waals surface area contributed by atoms with Crippen LogP contribution in [0.1, 0.15) is 35.3 Å². The van der Waals surface area contributed by atoms with Crippen LogP contribution < -0.4 is 5.32 Å². The van der Waals surface area contributed by atoms with Crippen LogP contribution in [0.2, 0.25) is 0 Å². The molecule has 3 nitrogen and oxygen atoms in total. The first-order valence-electron chi connectivity index (χ1n) is 5.62. The molecule has 1 N–H and O–H groups in total. The van der Waals surface area contributed by atoms with Crippen molar-refractivity contribution in [3.8, 4) is 6.07 Å². The number of aryl methyl sites for hydroxylation is 2. The maximum Gasteiger partial charge on any atom is 0.251 e. The van der Waals surface area contributed by atoms with Crippen molar-refractivity contribution >= 4 is 5.91 Å². The highest BCUT2D eigenvalue weighted by Gasteiger charge is 2.18. The minimum atomic E-state index is -0.534. The van der Waals surface area contributed by atoms with Gasteiger partial charge in [0.1, 0.15) is 0 Å². The van der Waals surface area contributed by atoms with Gasteiger partial charge >= 0.3 is 0 Å². The van der Waals surface area contributed by atoms with E-state index in [2.05, 4.69) is 11.4 Å². The summed E-state index contributed by atoms with van der Waals surface area (Å²) in [5.74, 6) is -0.116. The van der Waals surface area contributed by atoms with Gasteiger partial charge in [-0.25, -0.2) is 0 Å². The molecular formula is C14H18N2O. The highest BCUT2D eigenvalue weighted by molar-refractivity contribution is 5.95. The van der Waals surface area contributed by atoms with E-state index in [4.69, 9.17) is 5.26 Å². The molecule has 0 atom stereocenters. The number of carbonyl (C=O) groups is 1. The van der Waals surface area contributed by atoms with E-state index in [0.717, 1.165) is 11.1 Å². The summed E-state index contributed by atoms with van der Waals surface area (Å²) in [5.41, 5.74) is 2.15. The fraction of sp³-hybridized carbons (Fsp3) is 0.429. The SMILES string of the molecule is Cc1ccc(C)c(C(=O)NCC(C)(C)C#N)c1. The number of rotatable bonds is 3. The van der Waals surface area contributed by atoms with Gasteiger partial charge in [0.25, 0.3) is 5.91 Å². The van der Waals surface area contributed by atoms with Gasteiger partial charge < -0.3 is 5.32 Å². The fourth-order valence-electron chi connectivity index (χ4n) is 1.42. The summed E-state index contributed by atoms with van der Waals surface area (Å²) in [6, 6.07) is 7.93. The van der Waals surface area contributed by atoms with Crippen LogP contribution in [0.5, 0.6) is 0 Å². The number of amides is 1. The lowest BCUT2D eigenvalue weighted by Gasteiger charge is -2.16. The quantitative estimate of drug-likeness (QED) is 0.867. The lowest BCUT2D eigenvalue weighted by atomic mass is 9.95. The molecule has 0 heterocycles. The molecule has 1 rings (SSSR count). The van der Waals surface area contributed by atoms with Gasteiger partial charge in [0, 0.05) is 12.1 Å². The Kier molecular flexibility index (Phi) is 3.90. The van der Waals surface area contributed by atoms with E-state index in [-0.39, 0.29) is 5.91 Å². The summed E-state index contributed by atoms with van der Waals surface area (Å²) in [5, 5.41) is 11.7. The molecule has 1 amide bonds. The molecule has 0 bridgehead atoms. The van der Waals surface area contributed by atoms with Gasteiger partial charge in [-0.3, -0.25) is 4.79 Å². The molecular weight excluding hydrogens is 212 g/mol. The number of benzene rings is 1. The molecule has 0 saturated carbocycles. The molecule has 0 aliphatic carbocycles. The van der Waals surface area contributed by atoms with Crippen LogP contribution >= 0.6 is 0 Å². The van der Waals surface area contributed by atoms with Crippen molar-refractivity contribution in [2.75, 3.05) is 6.54 Å². The third-order valence-corrected chi connectivity index (χ3v) is 2.63. The minimum absolute atomic E-state index is 0.116. The predicted octanol–water partition coefficient (Wildman–Crippen LogP) is 2.58. The zero-order valence-electron chi connectivity index (χ0n) is 10.8. The third kappa shape index (κ3) is 3.60. The minimum Gasteiger partial charge on any atom is -0.350 e. The van der Waals surface area contributed by atoms with Gasteiger partial charge in [0.15, 0.2) is 0 Å². The number of nitrogens with one attached hydrogen (secondary N) is 1. The van der Waals surface area contributed by atoms with Gasteiger partial charge in [0.2, 0.25) is 0 Å². The maximum absolute atomic E-state index is 12.0. The summed E-state index contributed by atoms with van der Waals surface area (Å²) in [7, 11) is 0. The molecule has 0 fully saturated rings. The van der Waals surface area contributed by atoms with Gasteiger partial charge in [-0.05, 0) is 39.3 Å². The Morgan fingerprint density at radius 2 is 2.06 bits per heavy atom. The van der Waals surface area contributed by atoms with Crippen LogP contribution in [0.15, 0.2) is 18.2 Å². The normalized spacial score (nSPS) is 10.8. The molecule has 17 heavy (non-hydrogen) atoms. The van der Waals surface area contributed by atoms with Crippen LogP contribution in [0.25, 0.3) is 0 Å². The lowest BCUT2D eigenvalue weighted by Crippen LogP contribution is -2.33. The lowest BCUT2D eigenvalue weighted by molar-refractivity contribution is 0.0943. The van der Waals surface area contributed by atoms with Crippen LogP contribution in [-0.4, -0.2) is 12.5 Å². The topological polar surface area (TPSA) is 52.9 Å². The monoisotopic (exact) mass is 230 g/mol. The summed E-state index contributed by atoms with van der Waals surface area (Å²) in [6.45, 7) is 7.82. The Bertz CT molecular complexity index is 470. The van der Waals surface area contributed by atoms with Crippen molar-refractivity contribution in [1.29, 1.82) is 5.26 Å². The van der Waals surface area contributed by atoms with Crippen molar-refractivity contribution in [1.82, 2.24) is 5.32 Å². The number of hydrogen-bond acceptors (Lipinski definition) is 2. The Morgan fingerprint density at radius 1 is 1.41 bits per heavy atom. The first-order valence-corrected chi connectivity index (χ1v) is 5.62. The van der Waals surface area contributed by atoms with E-state index in [1.165, 1.54) is 0 Å². The average molecular weight is 230 g/mol. The van der Waals surface area contributed by atoms with E-state index >= 15 is 0 Å². The molecule has 0 unspecified atom stereocenters. The van der Waals surface area contributed by atoms with E-state index in [1.54, 1.807) is 13.8 Å². The Balaban J connectivity index is 2.78. The molecule has 0 aliphatic rings. The Labute approximate surface area is 102 Å². The average Bonchev–Trinajstić information content (AvgIpc) is 2.29. The van der Waals surface area contributed by atoms with Crippen LogP contribution in [-0.2, 0) is 0 Å². The van der Waals surface area contributed by atoms with Gasteiger partial charge in [0.05, 0.1) is 11.5 Å². The zero-order valence-corrected chi connectivity index (χ0v) is 10.8. The van der Waals surface area contributed by atoms with E-state index in [9.17, 15) is 4.79 Å². The second kappa shape index (κ2) is 5.01. The molecule has 0 radical (unpaired) electrons. The van der Waals surface area contributed by atoms with Crippen LogP contribution in [0.3, 0.4) is 0 Å². The Hall–Kier alpha value is -1.82. The second-order valence-corrected chi connectivity index (χ2v) is 5.00. The molecule has 0 aliphatic heterocycles. The molecule has 0 aromatic heterocycles. The van der Waals surface area contributed by atoms with E-state index < -0.39 is 5.41 Å². The highest BCUT2D eigenvalue weighted by Crippen LogP contribution is 2.13. The Morgan fingerprint density at radius 3 is 2.65 bits per heavy atom. The molecule has 0 spiro atoms. The van der Waals surface area contributed by atoms with Crippen LogP contribution in [0.4, 0.5) is 0 Å². The zero-order chi connectivity index (χ0) is 13.1. The number of nitrogens with zero attached hydrogens (tertiary/aromatic N) is 1. The molecule has 1 aromatic carbocycles. The number of hydrogen-bond donors (Lipinski definition) is 1. The summed E-state index contributed by atoms with van der Waals surface area (Å²) in [4.78, 5) is 12.0. The van der Waals surface area contributed by atoms with Gasteiger partial charge in [-0.2, -0.15) is 5.26 Å². The molecule has 0 saturated heterocycles. The molecule has 3 heteroatoms. The first kappa shape index (κ1) is 13.2. The first-order chi connectivity index (χ1) is 7.85. The fourth-order valence-corrected chi connectivity index (χ4v) is 1.42.